The van der Waals surface area contributed by atoms with Crippen molar-refractivity contribution < 1.29 is 0 Å². The second-order valence-corrected chi connectivity index (χ2v) is 6.96. The van der Waals surface area contributed by atoms with Crippen LogP contribution in [0.25, 0.3) is 0 Å². The maximum absolute atomic E-state index is 5.96. The van der Waals surface area contributed by atoms with Crippen LogP contribution in [0.15, 0.2) is 24.3 Å². The molecule has 0 bridgehead atoms. The van der Waals surface area contributed by atoms with E-state index >= 15 is 0 Å². The summed E-state index contributed by atoms with van der Waals surface area (Å²) in [5, 5.41) is 9.02. The lowest BCUT2D eigenvalue weighted by Crippen LogP contribution is -2.48. The highest BCUT2D eigenvalue weighted by Crippen LogP contribution is 2.18. The van der Waals surface area contributed by atoms with E-state index in [2.05, 4.69) is 47.8 Å². The molecule has 1 fully saturated rings. The normalized spacial score (nSPS) is 18.4. The SMILES string of the molecule is Cc1nn(Cc2ccc(Cl)cc2)c(C)c1CN1CCN[C@H](C)C1.Cl. The van der Waals surface area contributed by atoms with E-state index in [1.54, 1.807) is 0 Å². The van der Waals surface area contributed by atoms with E-state index in [0.717, 1.165) is 43.4 Å². The third-order valence-corrected chi connectivity index (χ3v) is 4.86. The number of rotatable bonds is 4. The summed E-state index contributed by atoms with van der Waals surface area (Å²) in [5.41, 5.74) is 5.00. The Balaban J connectivity index is 0.00000208. The van der Waals surface area contributed by atoms with Crippen molar-refractivity contribution in [2.75, 3.05) is 19.6 Å². The first-order valence-electron chi connectivity index (χ1n) is 8.26. The zero-order chi connectivity index (χ0) is 16.4. The van der Waals surface area contributed by atoms with Crippen molar-refractivity contribution in [3.05, 3.63) is 51.8 Å². The van der Waals surface area contributed by atoms with Crippen molar-refractivity contribution in [2.45, 2.75) is 39.9 Å². The van der Waals surface area contributed by atoms with Gasteiger partial charge in [0.2, 0.25) is 0 Å². The lowest BCUT2D eigenvalue weighted by molar-refractivity contribution is 0.199. The molecule has 1 saturated heterocycles. The van der Waals surface area contributed by atoms with E-state index in [4.69, 9.17) is 16.7 Å². The van der Waals surface area contributed by atoms with Crippen molar-refractivity contribution >= 4 is 24.0 Å². The molecule has 0 saturated carbocycles. The Kier molecular flexibility index (Phi) is 6.70. The summed E-state index contributed by atoms with van der Waals surface area (Å²) in [6, 6.07) is 8.57. The summed E-state index contributed by atoms with van der Waals surface area (Å²) in [5.74, 6) is 0. The molecule has 2 heterocycles. The van der Waals surface area contributed by atoms with Gasteiger partial charge in [0.1, 0.15) is 0 Å². The van der Waals surface area contributed by atoms with Gasteiger partial charge in [0.25, 0.3) is 0 Å². The Hall–Kier alpha value is -1.07. The lowest BCUT2D eigenvalue weighted by Gasteiger charge is -2.31. The summed E-state index contributed by atoms with van der Waals surface area (Å²) in [7, 11) is 0. The number of halogens is 2. The Morgan fingerprint density at radius 2 is 1.92 bits per heavy atom. The van der Waals surface area contributed by atoms with Crippen molar-refractivity contribution in [1.82, 2.24) is 20.0 Å². The molecule has 24 heavy (non-hydrogen) atoms. The summed E-state index contributed by atoms with van der Waals surface area (Å²) < 4.78 is 2.11. The molecule has 132 valence electrons. The van der Waals surface area contributed by atoms with E-state index in [0.29, 0.717) is 6.04 Å². The van der Waals surface area contributed by atoms with Crippen LogP contribution in [0.5, 0.6) is 0 Å². The van der Waals surface area contributed by atoms with Gasteiger partial charge in [-0.3, -0.25) is 9.58 Å². The third-order valence-electron chi connectivity index (χ3n) is 4.61. The second kappa shape index (κ2) is 8.34. The van der Waals surface area contributed by atoms with Gasteiger partial charge in [0, 0.05) is 48.5 Å². The second-order valence-electron chi connectivity index (χ2n) is 6.52. The van der Waals surface area contributed by atoms with Crippen LogP contribution in [0.4, 0.5) is 0 Å². The summed E-state index contributed by atoms with van der Waals surface area (Å²) in [6.45, 7) is 11.6. The number of benzene rings is 1. The Labute approximate surface area is 155 Å². The Morgan fingerprint density at radius 1 is 1.21 bits per heavy atom. The average molecular weight is 369 g/mol. The molecule has 0 aliphatic carbocycles. The van der Waals surface area contributed by atoms with Crippen LogP contribution >= 0.6 is 24.0 Å². The summed E-state index contributed by atoms with van der Waals surface area (Å²) in [6.07, 6.45) is 0. The molecule has 1 aliphatic heterocycles. The van der Waals surface area contributed by atoms with Gasteiger partial charge < -0.3 is 5.32 Å². The third kappa shape index (κ3) is 4.51. The molecule has 3 rings (SSSR count). The molecule has 6 heteroatoms. The van der Waals surface area contributed by atoms with Gasteiger partial charge in [-0.2, -0.15) is 5.10 Å². The number of nitrogens with zero attached hydrogens (tertiary/aromatic N) is 3. The van der Waals surface area contributed by atoms with Gasteiger partial charge in [0.15, 0.2) is 0 Å². The van der Waals surface area contributed by atoms with Crippen LogP contribution in [-0.2, 0) is 13.1 Å². The van der Waals surface area contributed by atoms with Gasteiger partial charge in [-0.1, -0.05) is 23.7 Å². The van der Waals surface area contributed by atoms with Gasteiger partial charge in [-0.05, 0) is 38.5 Å². The maximum atomic E-state index is 5.96. The van der Waals surface area contributed by atoms with E-state index in [9.17, 15) is 0 Å². The Morgan fingerprint density at radius 3 is 2.58 bits per heavy atom. The van der Waals surface area contributed by atoms with E-state index in [1.165, 1.54) is 16.8 Å². The van der Waals surface area contributed by atoms with Crippen LogP contribution < -0.4 is 5.32 Å². The summed E-state index contributed by atoms with van der Waals surface area (Å²) >= 11 is 5.96. The fourth-order valence-corrected chi connectivity index (χ4v) is 3.38. The molecule has 1 atom stereocenters. The molecule has 1 aliphatic rings. The lowest BCUT2D eigenvalue weighted by atomic mass is 10.1. The van der Waals surface area contributed by atoms with E-state index in [-0.39, 0.29) is 12.4 Å². The molecule has 0 radical (unpaired) electrons. The van der Waals surface area contributed by atoms with Crippen LogP contribution in [-0.4, -0.2) is 40.4 Å². The predicted octanol–water partition coefficient (Wildman–Crippen LogP) is 3.42. The highest BCUT2D eigenvalue weighted by Gasteiger charge is 2.19. The smallest absolute Gasteiger partial charge is 0.0662 e. The van der Waals surface area contributed by atoms with Crippen LogP contribution in [0, 0.1) is 13.8 Å². The molecular weight excluding hydrogens is 343 g/mol. The van der Waals surface area contributed by atoms with Crippen LogP contribution in [0.1, 0.15) is 29.4 Å². The largest absolute Gasteiger partial charge is 0.312 e. The first kappa shape index (κ1) is 19.3. The Bertz CT molecular complexity index is 666. The van der Waals surface area contributed by atoms with Gasteiger partial charge >= 0.3 is 0 Å². The zero-order valence-electron chi connectivity index (χ0n) is 14.6. The molecule has 1 N–H and O–H groups in total. The van der Waals surface area contributed by atoms with Crippen LogP contribution in [0.3, 0.4) is 0 Å². The van der Waals surface area contributed by atoms with Gasteiger partial charge in [-0.15, -0.1) is 12.4 Å². The quantitative estimate of drug-likeness (QED) is 0.897. The minimum absolute atomic E-state index is 0. The van der Waals surface area contributed by atoms with Crippen LogP contribution in [0.2, 0.25) is 5.02 Å². The van der Waals surface area contributed by atoms with Crippen molar-refractivity contribution in [3.63, 3.8) is 0 Å². The van der Waals surface area contributed by atoms with Gasteiger partial charge in [-0.25, -0.2) is 0 Å². The maximum Gasteiger partial charge on any atom is 0.0662 e. The minimum Gasteiger partial charge on any atom is -0.312 e. The molecular formula is C18H26Cl2N4. The predicted molar refractivity (Wildman–Crippen MR) is 102 cm³/mol. The first-order chi connectivity index (χ1) is 11.0. The van der Waals surface area contributed by atoms with Crippen molar-refractivity contribution in [1.29, 1.82) is 0 Å². The molecule has 0 spiro atoms. The average Bonchev–Trinajstić information content (AvgIpc) is 2.77. The molecule has 0 amide bonds. The fourth-order valence-electron chi connectivity index (χ4n) is 3.26. The number of nitrogens with one attached hydrogen (secondary N) is 1. The minimum atomic E-state index is 0. The van der Waals surface area contributed by atoms with E-state index < -0.39 is 0 Å². The number of hydrogen-bond acceptors (Lipinski definition) is 3. The number of aryl methyl sites for hydroxylation is 1. The zero-order valence-corrected chi connectivity index (χ0v) is 16.1. The van der Waals surface area contributed by atoms with Crippen molar-refractivity contribution in [3.8, 4) is 0 Å². The standard InChI is InChI=1S/C18H25ClN4.ClH/c1-13-10-22(9-8-20-13)12-18-14(2)21-23(15(18)3)11-16-4-6-17(19)7-5-16;/h4-7,13,20H,8-12H2,1-3H3;1H/t13-;/m1./s1. The number of hydrogen-bond donors (Lipinski definition) is 1. The van der Waals surface area contributed by atoms with Crippen molar-refractivity contribution in [2.24, 2.45) is 0 Å². The molecule has 2 aromatic rings. The molecule has 1 aromatic carbocycles. The summed E-state index contributed by atoms with van der Waals surface area (Å²) in [4.78, 5) is 2.52. The molecule has 4 nitrogen and oxygen atoms in total. The first-order valence-corrected chi connectivity index (χ1v) is 8.64. The van der Waals surface area contributed by atoms with E-state index in [1.807, 2.05) is 12.1 Å². The molecule has 0 unspecified atom stereocenters. The number of aromatic nitrogens is 2. The fraction of sp³-hybridized carbons (Fsp3) is 0.500. The monoisotopic (exact) mass is 368 g/mol. The topological polar surface area (TPSA) is 33.1 Å². The highest BCUT2D eigenvalue weighted by atomic mass is 35.5. The highest BCUT2D eigenvalue weighted by molar-refractivity contribution is 6.30. The van der Waals surface area contributed by atoms with Gasteiger partial charge in [0.05, 0.1) is 12.2 Å². The molecule has 1 aromatic heterocycles. The number of piperazine rings is 1.